The van der Waals surface area contributed by atoms with E-state index in [2.05, 4.69) is 19.2 Å². The fraction of sp³-hybridized carbons (Fsp3) is 0.235. The van der Waals surface area contributed by atoms with Crippen LogP contribution in [0.2, 0.25) is 0 Å². The molecule has 0 unspecified atom stereocenters. The summed E-state index contributed by atoms with van der Waals surface area (Å²) in [4.78, 5) is 11.8. The van der Waals surface area contributed by atoms with Gasteiger partial charge in [0.2, 0.25) is 0 Å². The van der Waals surface area contributed by atoms with Crippen LogP contribution in [-0.2, 0) is 4.79 Å². The summed E-state index contributed by atoms with van der Waals surface area (Å²) in [7, 11) is 0. The average molecular weight is 305 g/mol. The molecule has 0 spiro atoms. The lowest BCUT2D eigenvalue weighted by molar-refractivity contribution is -0.118. The molecule has 5 heteroatoms. The first-order valence-corrected chi connectivity index (χ1v) is 6.93. The lowest BCUT2D eigenvalue weighted by Crippen LogP contribution is -2.20. The SMILES string of the molecule is CC(C)c1ccc(NC(=O)COc2ccc(F)cc2F)cc1. The van der Waals surface area contributed by atoms with Crippen LogP contribution in [0.5, 0.6) is 5.75 Å². The number of anilines is 1. The van der Waals surface area contributed by atoms with Crippen LogP contribution < -0.4 is 10.1 Å². The second kappa shape index (κ2) is 7.02. The van der Waals surface area contributed by atoms with Crippen molar-refractivity contribution < 1.29 is 18.3 Å². The van der Waals surface area contributed by atoms with Gasteiger partial charge in [0.1, 0.15) is 5.82 Å². The number of amides is 1. The van der Waals surface area contributed by atoms with Crippen molar-refractivity contribution in [3.05, 3.63) is 59.7 Å². The predicted octanol–water partition coefficient (Wildman–Crippen LogP) is 4.11. The molecular formula is C17H17F2NO2. The Morgan fingerprint density at radius 1 is 1.14 bits per heavy atom. The first kappa shape index (κ1) is 15.9. The number of carbonyl (C=O) groups excluding carboxylic acids is 1. The molecule has 0 saturated carbocycles. The van der Waals surface area contributed by atoms with E-state index < -0.39 is 17.5 Å². The van der Waals surface area contributed by atoms with Crippen LogP contribution in [0, 0.1) is 11.6 Å². The first-order chi connectivity index (χ1) is 10.5. The summed E-state index contributed by atoms with van der Waals surface area (Å²) in [6.45, 7) is 3.81. The summed E-state index contributed by atoms with van der Waals surface area (Å²) in [5, 5.41) is 2.65. The van der Waals surface area contributed by atoms with Crippen LogP contribution in [0.25, 0.3) is 0 Å². The molecule has 1 amide bonds. The third-order valence-corrected chi connectivity index (χ3v) is 3.11. The smallest absolute Gasteiger partial charge is 0.262 e. The zero-order valence-electron chi connectivity index (χ0n) is 12.4. The number of halogens is 2. The Bertz CT molecular complexity index is 654. The Hall–Kier alpha value is -2.43. The van der Waals surface area contributed by atoms with Crippen molar-refractivity contribution in [3.63, 3.8) is 0 Å². The van der Waals surface area contributed by atoms with Gasteiger partial charge in [-0.1, -0.05) is 26.0 Å². The van der Waals surface area contributed by atoms with Crippen LogP contribution in [0.4, 0.5) is 14.5 Å². The van der Waals surface area contributed by atoms with E-state index in [0.29, 0.717) is 17.7 Å². The summed E-state index contributed by atoms with van der Waals surface area (Å²) < 4.78 is 31.1. The van der Waals surface area contributed by atoms with Gasteiger partial charge in [-0.05, 0) is 35.7 Å². The van der Waals surface area contributed by atoms with Gasteiger partial charge in [0.05, 0.1) is 0 Å². The maximum atomic E-state index is 13.4. The Kier molecular flexibility index (Phi) is 5.09. The zero-order chi connectivity index (χ0) is 16.1. The number of benzene rings is 2. The zero-order valence-corrected chi connectivity index (χ0v) is 12.4. The highest BCUT2D eigenvalue weighted by Gasteiger charge is 2.08. The Labute approximate surface area is 127 Å². The number of ether oxygens (including phenoxy) is 1. The van der Waals surface area contributed by atoms with E-state index >= 15 is 0 Å². The van der Waals surface area contributed by atoms with E-state index in [1.807, 2.05) is 12.1 Å². The molecule has 0 saturated heterocycles. The third-order valence-electron chi connectivity index (χ3n) is 3.11. The van der Waals surface area contributed by atoms with E-state index in [4.69, 9.17) is 4.74 Å². The molecule has 0 heterocycles. The number of rotatable bonds is 5. The molecule has 22 heavy (non-hydrogen) atoms. The van der Waals surface area contributed by atoms with Crippen molar-refractivity contribution in [2.45, 2.75) is 19.8 Å². The summed E-state index contributed by atoms with van der Waals surface area (Å²) in [6.07, 6.45) is 0. The van der Waals surface area contributed by atoms with Crippen molar-refractivity contribution in [1.29, 1.82) is 0 Å². The molecule has 0 aromatic heterocycles. The van der Waals surface area contributed by atoms with Crippen molar-refractivity contribution >= 4 is 11.6 Å². The standard InChI is InChI=1S/C17H17F2NO2/c1-11(2)12-3-6-14(7-4-12)20-17(21)10-22-16-8-5-13(18)9-15(16)19/h3-9,11H,10H2,1-2H3,(H,20,21). The summed E-state index contributed by atoms with van der Waals surface area (Å²) in [5.74, 6) is -1.70. The molecule has 116 valence electrons. The topological polar surface area (TPSA) is 38.3 Å². The van der Waals surface area contributed by atoms with Crippen molar-refractivity contribution in [2.24, 2.45) is 0 Å². The monoisotopic (exact) mass is 305 g/mol. The van der Waals surface area contributed by atoms with E-state index in [1.54, 1.807) is 12.1 Å². The van der Waals surface area contributed by atoms with Gasteiger partial charge in [-0.2, -0.15) is 0 Å². The number of nitrogens with one attached hydrogen (secondary N) is 1. The normalized spacial score (nSPS) is 10.6. The molecule has 0 atom stereocenters. The molecular weight excluding hydrogens is 288 g/mol. The van der Waals surface area contributed by atoms with Gasteiger partial charge in [0.15, 0.2) is 18.2 Å². The fourth-order valence-electron chi connectivity index (χ4n) is 1.88. The molecule has 0 aliphatic heterocycles. The molecule has 0 aliphatic carbocycles. The summed E-state index contributed by atoms with van der Waals surface area (Å²) in [6, 6.07) is 10.4. The van der Waals surface area contributed by atoms with Gasteiger partial charge < -0.3 is 10.1 Å². The van der Waals surface area contributed by atoms with Gasteiger partial charge in [0, 0.05) is 11.8 Å². The highest BCUT2D eigenvalue weighted by atomic mass is 19.1. The van der Waals surface area contributed by atoms with Crippen LogP contribution >= 0.6 is 0 Å². The van der Waals surface area contributed by atoms with Crippen LogP contribution in [0.1, 0.15) is 25.3 Å². The molecule has 2 aromatic rings. The molecule has 3 nitrogen and oxygen atoms in total. The van der Waals surface area contributed by atoms with Gasteiger partial charge in [-0.3, -0.25) is 4.79 Å². The quantitative estimate of drug-likeness (QED) is 0.903. The maximum absolute atomic E-state index is 13.4. The number of hydrogen-bond acceptors (Lipinski definition) is 2. The average Bonchev–Trinajstić information content (AvgIpc) is 2.47. The molecule has 0 fully saturated rings. The van der Waals surface area contributed by atoms with Crippen molar-refractivity contribution in [3.8, 4) is 5.75 Å². The Morgan fingerprint density at radius 2 is 1.82 bits per heavy atom. The number of carbonyl (C=O) groups is 1. The lowest BCUT2D eigenvalue weighted by atomic mass is 10.0. The minimum atomic E-state index is -0.839. The van der Waals surface area contributed by atoms with Crippen LogP contribution in [0.15, 0.2) is 42.5 Å². The number of hydrogen-bond donors (Lipinski definition) is 1. The molecule has 0 aliphatic rings. The first-order valence-electron chi connectivity index (χ1n) is 6.93. The van der Waals surface area contributed by atoms with E-state index in [9.17, 15) is 13.6 Å². The van der Waals surface area contributed by atoms with Crippen LogP contribution in [0.3, 0.4) is 0 Å². The van der Waals surface area contributed by atoms with Gasteiger partial charge in [0.25, 0.3) is 5.91 Å². The van der Waals surface area contributed by atoms with Crippen LogP contribution in [-0.4, -0.2) is 12.5 Å². The van der Waals surface area contributed by atoms with Crippen molar-refractivity contribution in [1.82, 2.24) is 0 Å². The molecule has 0 radical (unpaired) electrons. The third kappa shape index (κ3) is 4.28. The fourth-order valence-corrected chi connectivity index (χ4v) is 1.88. The van der Waals surface area contributed by atoms with E-state index in [1.165, 1.54) is 5.56 Å². The van der Waals surface area contributed by atoms with Crippen molar-refractivity contribution in [2.75, 3.05) is 11.9 Å². The maximum Gasteiger partial charge on any atom is 0.262 e. The Balaban J connectivity index is 1.90. The van der Waals surface area contributed by atoms with Gasteiger partial charge in [-0.15, -0.1) is 0 Å². The van der Waals surface area contributed by atoms with Gasteiger partial charge in [-0.25, -0.2) is 8.78 Å². The molecule has 2 rings (SSSR count). The Morgan fingerprint density at radius 3 is 2.41 bits per heavy atom. The minimum Gasteiger partial charge on any atom is -0.481 e. The highest BCUT2D eigenvalue weighted by molar-refractivity contribution is 5.91. The summed E-state index contributed by atoms with van der Waals surface area (Å²) in [5.41, 5.74) is 1.81. The molecule has 0 bridgehead atoms. The highest BCUT2D eigenvalue weighted by Crippen LogP contribution is 2.18. The second-order valence-corrected chi connectivity index (χ2v) is 5.19. The van der Waals surface area contributed by atoms with Gasteiger partial charge >= 0.3 is 0 Å². The predicted molar refractivity (Wildman–Crippen MR) is 81.0 cm³/mol. The largest absolute Gasteiger partial charge is 0.481 e. The lowest BCUT2D eigenvalue weighted by Gasteiger charge is -2.10. The molecule has 1 N–H and O–H groups in total. The van der Waals surface area contributed by atoms with E-state index in [-0.39, 0.29) is 12.4 Å². The summed E-state index contributed by atoms with van der Waals surface area (Å²) >= 11 is 0. The van der Waals surface area contributed by atoms with E-state index in [0.717, 1.165) is 12.1 Å². The molecule has 2 aromatic carbocycles. The minimum absolute atomic E-state index is 0.160. The second-order valence-electron chi connectivity index (χ2n) is 5.19.